The van der Waals surface area contributed by atoms with Gasteiger partial charge in [0, 0.05) is 12.6 Å². The number of benzene rings is 1. The van der Waals surface area contributed by atoms with Gasteiger partial charge in [-0.15, -0.1) is 0 Å². The lowest BCUT2D eigenvalue weighted by Gasteiger charge is -2.24. The first-order valence-corrected chi connectivity index (χ1v) is 7.18. The molecule has 106 valence electrons. The molecule has 3 nitrogen and oxygen atoms in total. The molecule has 2 rings (SSSR count). The van der Waals surface area contributed by atoms with E-state index in [0.717, 1.165) is 38.3 Å². The highest BCUT2D eigenvalue weighted by Crippen LogP contribution is 2.25. The van der Waals surface area contributed by atoms with E-state index in [0.29, 0.717) is 12.0 Å². The van der Waals surface area contributed by atoms with Gasteiger partial charge in [0.1, 0.15) is 5.75 Å². The molecule has 1 aliphatic rings. The zero-order valence-electron chi connectivity index (χ0n) is 12.2. The van der Waals surface area contributed by atoms with Crippen LogP contribution in [0.4, 0.5) is 0 Å². The quantitative estimate of drug-likeness (QED) is 0.886. The highest BCUT2D eigenvalue weighted by molar-refractivity contribution is 5.38. The number of rotatable bonds is 5. The lowest BCUT2D eigenvalue weighted by molar-refractivity contribution is 0.0743. The minimum atomic E-state index is 0.473. The van der Waals surface area contributed by atoms with Crippen LogP contribution in [0.15, 0.2) is 18.2 Å². The molecule has 1 saturated heterocycles. The second-order valence-electron chi connectivity index (χ2n) is 5.49. The van der Waals surface area contributed by atoms with Gasteiger partial charge in [-0.1, -0.05) is 26.0 Å². The maximum Gasteiger partial charge on any atom is 0.122 e. The molecule has 3 heteroatoms. The average molecular weight is 263 g/mol. The number of hydrogen-bond donors (Lipinski definition) is 1. The van der Waals surface area contributed by atoms with E-state index < -0.39 is 0 Å². The minimum absolute atomic E-state index is 0.473. The molecule has 0 bridgehead atoms. The summed E-state index contributed by atoms with van der Waals surface area (Å²) in [5.74, 6) is 1.56. The van der Waals surface area contributed by atoms with Crippen LogP contribution in [0.1, 0.15) is 37.3 Å². The van der Waals surface area contributed by atoms with E-state index >= 15 is 0 Å². The molecule has 0 saturated carbocycles. The van der Waals surface area contributed by atoms with Crippen molar-refractivity contribution in [3.63, 3.8) is 0 Å². The van der Waals surface area contributed by atoms with E-state index in [-0.39, 0.29) is 0 Å². The lowest BCUT2D eigenvalue weighted by Crippen LogP contribution is -2.41. The molecule has 0 radical (unpaired) electrons. The predicted octanol–water partition coefficient (Wildman–Crippen LogP) is 2.74. The minimum Gasteiger partial charge on any atom is -0.496 e. The van der Waals surface area contributed by atoms with Gasteiger partial charge >= 0.3 is 0 Å². The van der Waals surface area contributed by atoms with Crippen LogP contribution in [-0.2, 0) is 11.2 Å². The second-order valence-corrected chi connectivity index (χ2v) is 5.49. The van der Waals surface area contributed by atoms with Crippen molar-refractivity contribution in [3.8, 4) is 5.75 Å². The first-order chi connectivity index (χ1) is 9.20. The third kappa shape index (κ3) is 3.95. The third-order valence-electron chi connectivity index (χ3n) is 3.73. The summed E-state index contributed by atoms with van der Waals surface area (Å²) in [6.07, 6.45) is 2.13. The maximum atomic E-state index is 5.50. The van der Waals surface area contributed by atoms with Crippen molar-refractivity contribution in [1.29, 1.82) is 0 Å². The van der Waals surface area contributed by atoms with Gasteiger partial charge < -0.3 is 14.8 Å². The molecule has 1 aliphatic heterocycles. The highest BCUT2D eigenvalue weighted by atomic mass is 16.5. The highest BCUT2D eigenvalue weighted by Gasteiger charge is 2.14. The van der Waals surface area contributed by atoms with Crippen molar-refractivity contribution in [2.45, 2.75) is 38.6 Å². The number of morpholine rings is 1. The number of ether oxygens (including phenoxy) is 2. The molecule has 1 aromatic rings. The van der Waals surface area contributed by atoms with E-state index in [1.165, 1.54) is 11.1 Å². The standard InChI is InChI=1S/C16H25NO2/c1-12(2)13-5-7-16(18-3)14(10-13)4-6-15-11-19-9-8-17-15/h5,7,10,12,15,17H,4,6,8-9,11H2,1-3H3. The Kier molecular flexibility index (Phi) is 5.23. The van der Waals surface area contributed by atoms with Gasteiger partial charge in [0.15, 0.2) is 0 Å². The Balaban J connectivity index is 2.02. The van der Waals surface area contributed by atoms with Crippen LogP contribution >= 0.6 is 0 Å². The molecular weight excluding hydrogens is 238 g/mol. The predicted molar refractivity (Wildman–Crippen MR) is 78.0 cm³/mol. The smallest absolute Gasteiger partial charge is 0.122 e. The topological polar surface area (TPSA) is 30.5 Å². The number of nitrogens with one attached hydrogen (secondary N) is 1. The monoisotopic (exact) mass is 263 g/mol. The van der Waals surface area contributed by atoms with Crippen LogP contribution < -0.4 is 10.1 Å². The fourth-order valence-electron chi connectivity index (χ4n) is 2.49. The first kappa shape index (κ1) is 14.4. The van der Waals surface area contributed by atoms with Crippen LogP contribution in [0.25, 0.3) is 0 Å². The van der Waals surface area contributed by atoms with Crippen molar-refractivity contribution >= 4 is 0 Å². The van der Waals surface area contributed by atoms with Gasteiger partial charge in [0.25, 0.3) is 0 Å². The van der Waals surface area contributed by atoms with Crippen molar-refractivity contribution in [3.05, 3.63) is 29.3 Å². The van der Waals surface area contributed by atoms with Crippen LogP contribution in [0.2, 0.25) is 0 Å². The summed E-state index contributed by atoms with van der Waals surface area (Å²) >= 11 is 0. The summed E-state index contributed by atoms with van der Waals surface area (Å²) in [6.45, 7) is 7.08. The van der Waals surface area contributed by atoms with Gasteiger partial charge in [0.05, 0.1) is 20.3 Å². The van der Waals surface area contributed by atoms with Gasteiger partial charge in [-0.25, -0.2) is 0 Å². The summed E-state index contributed by atoms with van der Waals surface area (Å²) in [5.41, 5.74) is 2.68. The Labute approximate surface area is 116 Å². The van der Waals surface area contributed by atoms with Gasteiger partial charge in [0.2, 0.25) is 0 Å². The SMILES string of the molecule is COc1ccc(C(C)C)cc1CCC1COCCN1. The van der Waals surface area contributed by atoms with E-state index in [9.17, 15) is 0 Å². The summed E-state index contributed by atoms with van der Waals surface area (Å²) in [7, 11) is 1.75. The van der Waals surface area contributed by atoms with Crippen LogP contribution in [-0.4, -0.2) is 32.9 Å². The molecule has 1 unspecified atom stereocenters. The Morgan fingerprint density at radius 3 is 2.89 bits per heavy atom. The second kappa shape index (κ2) is 6.92. The number of aryl methyl sites for hydroxylation is 1. The molecule has 1 fully saturated rings. The average Bonchev–Trinajstić information content (AvgIpc) is 2.45. The van der Waals surface area contributed by atoms with E-state index in [1.54, 1.807) is 7.11 Å². The van der Waals surface area contributed by atoms with Crippen molar-refractivity contribution in [1.82, 2.24) is 5.32 Å². The Morgan fingerprint density at radius 1 is 1.42 bits per heavy atom. The van der Waals surface area contributed by atoms with E-state index in [4.69, 9.17) is 9.47 Å². The largest absolute Gasteiger partial charge is 0.496 e. The van der Waals surface area contributed by atoms with Crippen LogP contribution in [0, 0.1) is 0 Å². The fraction of sp³-hybridized carbons (Fsp3) is 0.625. The molecule has 0 spiro atoms. The molecule has 1 N–H and O–H groups in total. The van der Waals surface area contributed by atoms with Crippen LogP contribution in [0.3, 0.4) is 0 Å². The first-order valence-electron chi connectivity index (χ1n) is 7.18. The molecule has 1 aromatic carbocycles. The van der Waals surface area contributed by atoms with Gasteiger partial charge in [-0.3, -0.25) is 0 Å². The Hall–Kier alpha value is -1.06. The Bertz CT molecular complexity index is 398. The molecule has 1 heterocycles. The molecular formula is C16H25NO2. The number of hydrogen-bond acceptors (Lipinski definition) is 3. The van der Waals surface area contributed by atoms with E-state index in [1.807, 2.05) is 0 Å². The van der Waals surface area contributed by atoms with Gasteiger partial charge in [-0.05, 0) is 36.0 Å². The Morgan fingerprint density at radius 2 is 2.26 bits per heavy atom. The fourth-order valence-corrected chi connectivity index (χ4v) is 2.49. The third-order valence-corrected chi connectivity index (χ3v) is 3.73. The molecule has 0 amide bonds. The summed E-state index contributed by atoms with van der Waals surface area (Å²) in [5, 5.41) is 3.50. The number of methoxy groups -OCH3 is 1. The molecule has 0 aromatic heterocycles. The van der Waals surface area contributed by atoms with Gasteiger partial charge in [-0.2, -0.15) is 0 Å². The normalized spacial score (nSPS) is 19.7. The summed E-state index contributed by atoms with van der Waals surface area (Å²) in [6, 6.07) is 7.01. The zero-order valence-corrected chi connectivity index (χ0v) is 12.2. The van der Waals surface area contributed by atoms with Crippen molar-refractivity contribution < 1.29 is 9.47 Å². The molecule has 1 atom stereocenters. The summed E-state index contributed by atoms with van der Waals surface area (Å²) in [4.78, 5) is 0. The molecule has 19 heavy (non-hydrogen) atoms. The van der Waals surface area contributed by atoms with Crippen LogP contribution in [0.5, 0.6) is 5.75 Å². The summed E-state index contributed by atoms with van der Waals surface area (Å²) < 4.78 is 11.0. The molecule has 0 aliphatic carbocycles. The maximum absolute atomic E-state index is 5.50. The lowest BCUT2D eigenvalue weighted by atomic mass is 9.97. The van der Waals surface area contributed by atoms with Crippen molar-refractivity contribution in [2.75, 3.05) is 26.9 Å². The zero-order chi connectivity index (χ0) is 13.7. The van der Waals surface area contributed by atoms with Crippen molar-refractivity contribution in [2.24, 2.45) is 0 Å². The van der Waals surface area contributed by atoms with E-state index in [2.05, 4.69) is 37.4 Å².